The van der Waals surface area contributed by atoms with Gasteiger partial charge in [-0.05, 0) is 44.6 Å². The Morgan fingerprint density at radius 2 is 1.93 bits per heavy atom. The smallest absolute Gasteiger partial charge is 0.132 e. The van der Waals surface area contributed by atoms with Crippen molar-refractivity contribution in [1.29, 1.82) is 0 Å². The Balaban J connectivity index is 2.43. The molecule has 0 amide bonds. The third-order valence-electron chi connectivity index (χ3n) is 3.79. The first-order valence-electron chi connectivity index (χ1n) is 6.15. The molecular formula is C13H25NO. The standard InChI is InChI=1S/C13H25NO/c1-8(2)6-13(14-5)12-7-11(12)9(3)10(4)15/h8-9,11-14H,6-7H2,1-5H3/t9-,11+,12-,13+/m1/s1. The molecule has 1 aliphatic carbocycles. The summed E-state index contributed by atoms with van der Waals surface area (Å²) in [6.07, 6.45) is 2.46. The highest BCUT2D eigenvalue weighted by atomic mass is 16.1. The van der Waals surface area contributed by atoms with Crippen LogP contribution in [0.15, 0.2) is 0 Å². The quantitative estimate of drug-likeness (QED) is 0.731. The summed E-state index contributed by atoms with van der Waals surface area (Å²) in [5.41, 5.74) is 0. The average Bonchev–Trinajstić information content (AvgIpc) is 2.91. The van der Waals surface area contributed by atoms with Crippen molar-refractivity contribution in [3.63, 3.8) is 0 Å². The van der Waals surface area contributed by atoms with Crippen LogP contribution in [0.25, 0.3) is 0 Å². The van der Waals surface area contributed by atoms with Crippen LogP contribution in [0.5, 0.6) is 0 Å². The van der Waals surface area contributed by atoms with E-state index in [0.717, 1.165) is 11.8 Å². The van der Waals surface area contributed by atoms with Gasteiger partial charge in [-0.3, -0.25) is 4.79 Å². The molecule has 1 rings (SSSR count). The molecule has 0 aliphatic heterocycles. The molecule has 2 heteroatoms. The molecule has 0 aromatic rings. The van der Waals surface area contributed by atoms with Gasteiger partial charge in [0.25, 0.3) is 0 Å². The highest BCUT2D eigenvalue weighted by Crippen LogP contribution is 2.47. The zero-order valence-corrected chi connectivity index (χ0v) is 10.7. The van der Waals surface area contributed by atoms with Gasteiger partial charge >= 0.3 is 0 Å². The summed E-state index contributed by atoms with van der Waals surface area (Å²) in [5.74, 6) is 2.71. The molecule has 88 valence electrons. The second-order valence-electron chi connectivity index (χ2n) is 5.49. The van der Waals surface area contributed by atoms with Crippen LogP contribution >= 0.6 is 0 Å². The molecule has 0 radical (unpaired) electrons. The van der Waals surface area contributed by atoms with E-state index >= 15 is 0 Å². The molecule has 1 saturated carbocycles. The maximum atomic E-state index is 11.3. The van der Waals surface area contributed by atoms with E-state index in [0.29, 0.717) is 17.7 Å². The number of carbonyl (C=O) groups excluding carboxylic acids is 1. The van der Waals surface area contributed by atoms with Gasteiger partial charge in [0.2, 0.25) is 0 Å². The van der Waals surface area contributed by atoms with Crippen LogP contribution in [0.2, 0.25) is 0 Å². The minimum Gasteiger partial charge on any atom is -0.317 e. The molecule has 1 N–H and O–H groups in total. The largest absolute Gasteiger partial charge is 0.317 e. The Hall–Kier alpha value is -0.370. The van der Waals surface area contributed by atoms with E-state index in [-0.39, 0.29) is 5.92 Å². The molecule has 0 spiro atoms. The summed E-state index contributed by atoms with van der Waals surface area (Å²) in [6, 6.07) is 0.608. The van der Waals surface area contributed by atoms with Crippen LogP contribution in [-0.2, 0) is 4.79 Å². The van der Waals surface area contributed by atoms with Crippen LogP contribution in [0.1, 0.15) is 40.5 Å². The summed E-state index contributed by atoms with van der Waals surface area (Å²) in [4.78, 5) is 11.3. The van der Waals surface area contributed by atoms with Crippen molar-refractivity contribution in [2.75, 3.05) is 7.05 Å². The highest BCUT2D eigenvalue weighted by Gasteiger charge is 2.46. The van der Waals surface area contributed by atoms with Gasteiger partial charge in [-0.25, -0.2) is 0 Å². The van der Waals surface area contributed by atoms with Gasteiger partial charge in [-0.1, -0.05) is 20.8 Å². The Bertz CT molecular complexity index is 225. The fraction of sp³-hybridized carbons (Fsp3) is 0.923. The first-order valence-corrected chi connectivity index (χ1v) is 6.15. The van der Waals surface area contributed by atoms with E-state index in [4.69, 9.17) is 0 Å². The van der Waals surface area contributed by atoms with E-state index in [2.05, 4.69) is 26.1 Å². The zero-order valence-electron chi connectivity index (χ0n) is 10.7. The first kappa shape index (κ1) is 12.7. The van der Waals surface area contributed by atoms with Crippen LogP contribution in [0.3, 0.4) is 0 Å². The second kappa shape index (κ2) is 5.11. The van der Waals surface area contributed by atoms with Gasteiger partial charge in [0.15, 0.2) is 0 Å². The lowest BCUT2D eigenvalue weighted by Gasteiger charge is -2.19. The van der Waals surface area contributed by atoms with E-state index in [1.807, 2.05) is 7.05 Å². The number of Topliss-reactive ketones (excluding diaryl/α,β-unsaturated/α-hetero) is 1. The van der Waals surface area contributed by atoms with Crippen molar-refractivity contribution < 1.29 is 4.79 Å². The third-order valence-corrected chi connectivity index (χ3v) is 3.79. The van der Waals surface area contributed by atoms with Crippen molar-refractivity contribution in [2.45, 2.75) is 46.6 Å². The Labute approximate surface area is 93.8 Å². The zero-order chi connectivity index (χ0) is 11.6. The predicted molar refractivity (Wildman–Crippen MR) is 63.7 cm³/mol. The molecule has 2 nitrogen and oxygen atoms in total. The van der Waals surface area contributed by atoms with Crippen molar-refractivity contribution in [3.8, 4) is 0 Å². The molecule has 4 atom stereocenters. The second-order valence-corrected chi connectivity index (χ2v) is 5.49. The lowest BCUT2D eigenvalue weighted by molar-refractivity contribution is -0.120. The SMILES string of the molecule is CN[C@@H](CC(C)C)[C@@H]1C[C@H]1[C@H](C)C(C)=O. The molecule has 1 aliphatic rings. The number of hydrogen-bond acceptors (Lipinski definition) is 2. The van der Waals surface area contributed by atoms with Gasteiger partial charge in [0, 0.05) is 12.0 Å². The van der Waals surface area contributed by atoms with E-state index in [1.54, 1.807) is 6.92 Å². The maximum absolute atomic E-state index is 11.3. The number of ketones is 1. The average molecular weight is 211 g/mol. The van der Waals surface area contributed by atoms with Crippen molar-refractivity contribution in [2.24, 2.45) is 23.7 Å². The molecule has 0 bridgehead atoms. The van der Waals surface area contributed by atoms with Crippen LogP contribution in [0, 0.1) is 23.7 Å². The monoisotopic (exact) mass is 211 g/mol. The first-order chi connectivity index (χ1) is 6.97. The maximum Gasteiger partial charge on any atom is 0.132 e. The van der Waals surface area contributed by atoms with Crippen molar-refractivity contribution in [1.82, 2.24) is 5.32 Å². The molecular weight excluding hydrogens is 186 g/mol. The topological polar surface area (TPSA) is 29.1 Å². The third kappa shape index (κ3) is 3.30. The summed E-state index contributed by atoms with van der Waals surface area (Å²) in [5, 5.41) is 3.41. The lowest BCUT2D eigenvalue weighted by Crippen LogP contribution is -2.30. The fourth-order valence-electron chi connectivity index (χ4n) is 2.59. The van der Waals surface area contributed by atoms with Gasteiger partial charge < -0.3 is 5.32 Å². The molecule has 0 unspecified atom stereocenters. The molecule has 15 heavy (non-hydrogen) atoms. The van der Waals surface area contributed by atoms with Crippen LogP contribution in [0.4, 0.5) is 0 Å². The van der Waals surface area contributed by atoms with Gasteiger partial charge in [0.05, 0.1) is 0 Å². The summed E-state index contributed by atoms with van der Waals surface area (Å²) in [6.45, 7) is 8.32. The molecule has 0 aromatic carbocycles. The van der Waals surface area contributed by atoms with Gasteiger partial charge in [-0.2, -0.15) is 0 Å². The molecule has 0 heterocycles. The molecule has 1 fully saturated rings. The summed E-state index contributed by atoms with van der Waals surface area (Å²) >= 11 is 0. The number of rotatable bonds is 6. The summed E-state index contributed by atoms with van der Waals surface area (Å²) in [7, 11) is 2.04. The predicted octanol–water partition coefficient (Wildman–Crippen LogP) is 2.48. The van der Waals surface area contributed by atoms with E-state index in [9.17, 15) is 4.79 Å². The van der Waals surface area contributed by atoms with E-state index < -0.39 is 0 Å². The molecule has 0 saturated heterocycles. The Morgan fingerprint density at radius 1 is 1.33 bits per heavy atom. The van der Waals surface area contributed by atoms with Crippen molar-refractivity contribution in [3.05, 3.63) is 0 Å². The summed E-state index contributed by atoms with van der Waals surface area (Å²) < 4.78 is 0. The van der Waals surface area contributed by atoms with Crippen LogP contribution in [-0.4, -0.2) is 18.9 Å². The van der Waals surface area contributed by atoms with Gasteiger partial charge in [0.1, 0.15) is 5.78 Å². The fourth-order valence-corrected chi connectivity index (χ4v) is 2.59. The van der Waals surface area contributed by atoms with Gasteiger partial charge in [-0.15, -0.1) is 0 Å². The highest BCUT2D eigenvalue weighted by molar-refractivity contribution is 5.78. The lowest BCUT2D eigenvalue weighted by atomic mass is 9.94. The van der Waals surface area contributed by atoms with Crippen molar-refractivity contribution >= 4 is 5.78 Å². The number of carbonyl (C=O) groups is 1. The molecule has 0 aromatic heterocycles. The van der Waals surface area contributed by atoms with E-state index in [1.165, 1.54) is 12.8 Å². The number of nitrogens with one attached hydrogen (secondary N) is 1. The Kier molecular flexibility index (Phi) is 4.32. The normalized spacial score (nSPS) is 28.9. The Morgan fingerprint density at radius 3 is 2.33 bits per heavy atom. The minimum atomic E-state index is 0.262. The number of hydrogen-bond donors (Lipinski definition) is 1. The minimum absolute atomic E-state index is 0.262. The van der Waals surface area contributed by atoms with Crippen LogP contribution < -0.4 is 5.32 Å².